The molecular formula is C21H20N4O2. The number of aliphatic hydroxyl groups excluding tert-OH is 1. The number of amides is 1. The molecule has 1 aliphatic heterocycles. The Morgan fingerprint density at radius 1 is 1.22 bits per heavy atom. The van der Waals surface area contributed by atoms with Gasteiger partial charge in [0.2, 0.25) is 5.95 Å². The lowest BCUT2D eigenvalue weighted by Gasteiger charge is -2.16. The van der Waals surface area contributed by atoms with Crippen molar-refractivity contribution in [3.8, 4) is 11.8 Å². The van der Waals surface area contributed by atoms with E-state index in [1.54, 1.807) is 6.07 Å². The van der Waals surface area contributed by atoms with E-state index < -0.39 is 0 Å². The van der Waals surface area contributed by atoms with Crippen LogP contribution in [0.4, 0.5) is 5.95 Å². The van der Waals surface area contributed by atoms with Gasteiger partial charge in [-0.3, -0.25) is 4.79 Å². The molecule has 2 aromatic rings. The lowest BCUT2D eigenvalue weighted by molar-refractivity contribution is 0.0783. The summed E-state index contributed by atoms with van der Waals surface area (Å²) < 4.78 is 0. The fourth-order valence-electron chi connectivity index (χ4n) is 3.60. The molecule has 3 N–H and O–H groups in total. The first-order chi connectivity index (χ1) is 13.2. The number of likely N-dealkylation sites (tertiary alicyclic amines) is 1. The van der Waals surface area contributed by atoms with E-state index in [9.17, 15) is 4.79 Å². The monoisotopic (exact) mass is 360 g/mol. The van der Waals surface area contributed by atoms with Gasteiger partial charge in [0.1, 0.15) is 5.69 Å². The average molecular weight is 360 g/mol. The van der Waals surface area contributed by atoms with Crippen LogP contribution in [0.1, 0.15) is 22.5 Å². The number of nitrogens with two attached hydrogens (primary N) is 1. The lowest BCUT2D eigenvalue weighted by atomic mass is 9.92. The van der Waals surface area contributed by atoms with Gasteiger partial charge in [0.15, 0.2) is 0 Å². The van der Waals surface area contributed by atoms with Gasteiger partial charge in [-0.15, -0.1) is 0 Å². The van der Waals surface area contributed by atoms with E-state index in [4.69, 9.17) is 10.8 Å². The van der Waals surface area contributed by atoms with Crippen molar-refractivity contribution in [2.45, 2.75) is 6.42 Å². The highest BCUT2D eigenvalue weighted by Crippen LogP contribution is 2.30. The smallest absolute Gasteiger partial charge is 0.273 e. The summed E-state index contributed by atoms with van der Waals surface area (Å²) in [6, 6.07) is 5.44. The molecule has 1 fully saturated rings. The highest BCUT2D eigenvalue weighted by Gasteiger charge is 2.34. The number of rotatable bonds is 2. The number of hydrogen-bond donors (Lipinski definition) is 2. The topological polar surface area (TPSA) is 92.3 Å². The number of anilines is 1. The Bertz CT molecular complexity index is 996. The van der Waals surface area contributed by atoms with Crippen LogP contribution in [0.25, 0.3) is 10.9 Å². The summed E-state index contributed by atoms with van der Waals surface area (Å²) in [5.41, 5.74) is 7.53. The number of aliphatic hydroxyl groups is 1. The molecule has 6 nitrogen and oxygen atoms in total. The van der Waals surface area contributed by atoms with Crippen LogP contribution in [0, 0.1) is 23.7 Å². The van der Waals surface area contributed by atoms with Crippen LogP contribution >= 0.6 is 0 Å². The SMILES string of the molecule is Nc1nc(C(=O)N2CC3C=CC=CC3C2)c2cc(C#CCCO)ccc2n1. The normalized spacial score (nSPS) is 20.4. The zero-order valence-corrected chi connectivity index (χ0v) is 14.8. The van der Waals surface area contributed by atoms with Gasteiger partial charge < -0.3 is 15.7 Å². The summed E-state index contributed by atoms with van der Waals surface area (Å²) in [7, 11) is 0. The van der Waals surface area contributed by atoms with Gasteiger partial charge in [0, 0.05) is 42.3 Å². The third-order valence-electron chi connectivity index (χ3n) is 4.91. The largest absolute Gasteiger partial charge is 0.395 e. The van der Waals surface area contributed by atoms with Gasteiger partial charge in [0.05, 0.1) is 12.1 Å². The Labute approximate surface area is 157 Å². The number of hydrogen-bond acceptors (Lipinski definition) is 5. The van der Waals surface area contributed by atoms with Gasteiger partial charge in [-0.1, -0.05) is 36.1 Å². The first-order valence-corrected chi connectivity index (χ1v) is 8.97. The Kier molecular flexibility index (Phi) is 4.61. The quantitative estimate of drug-likeness (QED) is 0.796. The summed E-state index contributed by atoms with van der Waals surface area (Å²) in [5, 5.41) is 9.52. The Morgan fingerprint density at radius 3 is 2.67 bits per heavy atom. The zero-order chi connectivity index (χ0) is 18.8. The molecule has 1 aliphatic carbocycles. The van der Waals surface area contributed by atoms with E-state index in [1.165, 1.54) is 0 Å². The predicted molar refractivity (Wildman–Crippen MR) is 104 cm³/mol. The van der Waals surface area contributed by atoms with Crippen LogP contribution in [-0.4, -0.2) is 45.6 Å². The van der Waals surface area contributed by atoms with Crippen molar-refractivity contribution in [2.24, 2.45) is 11.8 Å². The van der Waals surface area contributed by atoms with E-state index >= 15 is 0 Å². The van der Waals surface area contributed by atoms with Crippen LogP contribution in [0.5, 0.6) is 0 Å². The summed E-state index contributed by atoms with van der Waals surface area (Å²) in [6.45, 7) is 1.36. The van der Waals surface area contributed by atoms with E-state index in [1.807, 2.05) is 29.2 Å². The summed E-state index contributed by atoms with van der Waals surface area (Å²) in [6.07, 6.45) is 8.77. The van der Waals surface area contributed by atoms with Gasteiger partial charge in [-0.25, -0.2) is 9.97 Å². The van der Waals surface area contributed by atoms with Crippen LogP contribution < -0.4 is 5.73 Å². The van der Waals surface area contributed by atoms with E-state index in [0.717, 1.165) is 5.56 Å². The zero-order valence-electron chi connectivity index (χ0n) is 14.8. The Balaban J connectivity index is 1.70. The molecule has 1 aromatic heterocycles. The van der Waals surface area contributed by atoms with E-state index in [2.05, 4.69) is 34.0 Å². The lowest BCUT2D eigenvalue weighted by Crippen LogP contribution is -2.30. The van der Waals surface area contributed by atoms with Crippen molar-refractivity contribution in [1.82, 2.24) is 14.9 Å². The van der Waals surface area contributed by atoms with Crippen molar-refractivity contribution in [2.75, 3.05) is 25.4 Å². The van der Waals surface area contributed by atoms with Crippen LogP contribution in [0.3, 0.4) is 0 Å². The second-order valence-corrected chi connectivity index (χ2v) is 6.75. The Morgan fingerprint density at radius 2 is 1.96 bits per heavy atom. The second-order valence-electron chi connectivity index (χ2n) is 6.75. The molecule has 27 heavy (non-hydrogen) atoms. The predicted octanol–water partition coefficient (Wildman–Crippen LogP) is 1.76. The number of benzene rings is 1. The third-order valence-corrected chi connectivity index (χ3v) is 4.91. The molecule has 136 valence electrons. The number of aromatic nitrogens is 2. The van der Waals surface area contributed by atoms with Crippen LogP contribution in [0.2, 0.25) is 0 Å². The number of carbonyl (C=O) groups is 1. The Hall–Kier alpha value is -3.17. The molecule has 0 bridgehead atoms. The van der Waals surface area contributed by atoms with Gasteiger partial charge in [-0.2, -0.15) is 0 Å². The van der Waals surface area contributed by atoms with Crippen molar-refractivity contribution in [3.05, 3.63) is 53.8 Å². The first kappa shape index (κ1) is 17.3. The molecular weight excluding hydrogens is 340 g/mol. The van der Waals surface area contributed by atoms with Crippen LogP contribution in [0.15, 0.2) is 42.5 Å². The van der Waals surface area contributed by atoms with Gasteiger partial charge in [-0.05, 0) is 18.2 Å². The maximum absolute atomic E-state index is 13.2. The number of nitrogen functional groups attached to an aromatic ring is 1. The molecule has 1 saturated heterocycles. The molecule has 1 aromatic carbocycles. The van der Waals surface area contributed by atoms with Crippen LogP contribution in [-0.2, 0) is 0 Å². The standard InChI is InChI=1S/C21H20N4O2/c22-21-23-18-9-8-14(5-3-4-10-26)11-17(18)19(24-21)20(27)25-12-15-6-1-2-7-16(15)13-25/h1-2,6-9,11,15-16,26H,4,10,12-13H2,(H2,22,23,24). The van der Waals surface area contributed by atoms with Crippen molar-refractivity contribution < 1.29 is 9.90 Å². The minimum Gasteiger partial charge on any atom is -0.395 e. The van der Waals surface area contributed by atoms with Crippen molar-refractivity contribution in [3.63, 3.8) is 0 Å². The van der Waals surface area contributed by atoms with E-state index in [0.29, 0.717) is 47.9 Å². The highest BCUT2D eigenvalue weighted by atomic mass is 16.2. The maximum Gasteiger partial charge on any atom is 0.273 e. The molecule has 6 heteroatoms. The summed E-state index contributed by atoms with van der Waals surface area (Å²) in [4.78, 5) is 23.5. The summed E-state index contributed by atoms with van der Waals surface area (Å²) >= 11 is 0. The molecule has 0 radical (unpaired) electrons. The molecule has 0 saturated carbocycles. The van der Waals surface area contributed by atoms with Gasteiger partial charge >= 0.3 is 0 Å². The minimum absolute atomic E-state index is 0.0180. The molecule has 2 aliphatic rings. The average Bonchev–Trinajstić information content (AvgIpc) is 3.11. The number of fused-ring (bicyclic) bond motifs is 2. The fraction of sp³-hybridized carbons (Fsp3) is 0.286. The third kappa shape index (κ3) is 3.42. The maximum atomic E-state index is 13.2. The molecule has 4 rings (SSSR count). The molecule has 2 unspecified atom stereocenters. The first-order valence-electron chi connectivity index (χ1n) is 8.97. The molecule has 2 heterocycles. The highest BCUT2D eigenvalue weighted by molar-refractivity contribution is 6.05. The number of nitrogens with zero attached hydrogens (tertiary/aromatic N) is 3. The molecule has 2 atom stereocenters. The molecule has 1 amide bonds. The van der Waals surface area contributed by atoms with Crippen molar-refractivity contribution >= 4 is 22.8 Å². The summed E-state index contributed by atoms with van der Waals surface area (Å²) in [5.74, 6) is 6.53. The van der Waals surface area contributed by atoms with E-state index in [-0.39, 0.29) is 18.5 Å². The number of allylic oxidation sites excluding steroid dienone is 2. The van der Waals surface area contributed by atoms with Gasteiger partial charge in [0.25, 0.3) is 5.91 Å². The molecule has 0 spiro atoms. The minimum atomic E-state index is -0.134. The number of carbonyl (C=O) groups excluding carboxylic acids is 1. The second kappa shape index (κ2) is 7.22. The van der Waals surface area contributed by atoms with Crippen molar-refractivity contribution in [1.29, 1.82) is 0 Å². The fourth-order valence-corrected chi connectivity index (χ4v) is 3.60.